The Morgan fingerprint density at radius 3 is 2.35 bits per heavy atom. The second-order valence-corrected chi connectivity index (χ2v) is 5.99. The summed E-state index contributed by atoms with van der Waals surface area (Å²) in [6.45, 7) is 10.2. The lowest BCUT2D eigenvalue weighted by atomic mass is 9.90. The van der Waals surface area contributed by atoms with Gasteiger partial charge in [-0.05, 0) is 17.7 Å². The summed E-state index contributed by atoms with van der Waals surface area (Å²) in [5, 5.41) is 0. The lowest BCUT2D eigenvalue weighted by Gasteiger charge is -2.19. The number of hydrogen-bond acceptors (Lipinski definition) is 4. The van der Waals surface area contributed by atoms with Crippen molar-refractivity contribution in [1.29, 1.82) is 0 Å². The van der Waals surface area contributed by atoms with Crippen molar-refractivity contribution in [3.8, 4) is 10.4 Å². The average molecular weight is 291 g/mol. The summed E-state index contributed by atoms with van der Waals surface area (Å²) in [6.07, 6.45) is 1.78. The molecule has 4 nitrogen and oxygen atoms in total. The Kier molecular flexibility index (Phi) is 5.39. The van der Waals surface area contributed by atoms with Gasteiger partial charge in [0.05, 0.1) is 10.4 Å². The van der Waals surface area contributed by atoms with Gasteiger partial charge in [-0.2, -0.15) is 0 Å². The van der Waals surface area contributed by atoms with Crippen molar-refractivity contribution >= 4 is 17.2 Å². The fourth-order valence-corrected chi connectivity index (χ4v) is 2.15. The number of nitrogens with two attached hydrogens (primary N) is 1. The molecule has 0 aliphatic heterocycles. The van der Waals surface area contributed by atoms with E-state index in [1.54, 1.807) is 17.8 Å². The van der Waals surface area contributed by atoms with Gasteiger partial charge in [-0.1, -0.05) is 34.6 Å². The van der Waals surface area contributed by atoms with Gasteiger partial charge < -0.3 is 5.73 Å². The summed E-state index contributed by atoms with van der Waals surface area (Å²) < 4.78 is 0. The molecule has 2 aromatic rings. The van der Waals surface area contributed by atoms with Crippen LogP contribution >= 0.6 is 11.3 Å². The predicted octanol–water partition coefficient (Wildman–Crippen LogP) is 3.63. The second-order valence-electron chi connectivity index (χ2n) is 5.11. The van der Waals surface area contributed by atoms with Gasteiger partial charge in [0.25, 0.3) is 5.91 Å². The maximum atomic E-state index is 11.3. The van der Waals surface area contributed by atoms with E-state index in [4.69, 9.17) is 5.73 Å². The van der Waals surface area contributed by atoms with Gasteiger partial charge in [-0.25, -0.2) is 4.98 Å². The molecule has 20 heavy (non-hydrogen) atoms. The zero-order valence-corrected chi connectivity index (χ0v) is 13.4. The van der Waals surface area contributed by atoms with E-state index in [1.165, 1.54) is 11.3 Å². The van der Waals surface area contributed by atoms with Crippen LogP contribution < -0.4 is 5.73 Å². The molecule has 2 N–H and O–H groups in total. The minimum atomic E-state index is -0.508. The first-order valence-electron chi connectivity index (χ1n) is 6.59. The van der Waals surface area contributed by atoms with Gasteiger partial charge >= 0.3 is 0 Å². The fourth-order valence-electron chi connectivity index (χ4n) is 1.54. The molecule has 0 unspecified atom stereocenters. The maximum absolute atomic E-state index is 11.3. The summed E-state index contributed by atoms with van der Waals surface area (Å²) >= 11 is 1.52. The van der Waals surface area contributed by atoms with Crippen molar-refractivity contribution in [3.63, 3.8) is 0 Å². The Hall–Kier alpha value is -1.75. The van der Waals surface area contributed by atoms with Gasteiger partial charge in [0.1, 0.15) is 5.69 Å². The van der Waals surface area contributed by atoms with Crippen molar-refractivity contribution in [2.75, 3.05) is 0 Å². The van der Waals surface area contributed by atoms with Gasteiger partial charge in [-0.3, -0.25) is 9.78 Å². The maximum Gasteiger partial charge on any atom is 0.267 e. The molecule has 2 aromatic heterocycles. The van der Waals surface area contributed by atoms with Crippen LogP contribution in [0.15, 0.2) is 23.8 Å². The monoisotopic (exact) mass is 291 g/mol. The highest BCUT2D eigenvalue weighted by atomic mass is 32.1. The van der Waals surface area contributed by atoms with Crippen LogP contribution in [-0.2, 0) is 5.41 Å². The van der Waals surface area contributed by atoms with Crippen LogP contribution in [0.2, 0.25) is 0 Å². The molecular weight excluding hydrogens is 270 g/mol. The van der Waals surface area contributed by atoms with Gasteiger partial charge in [0.15, 0.2) is 0 Å². The quantitative estimate of drug-likeness (QED) is 0.918. The lowest BCUT2D eigenvalue weighted by molar-refractivity contribution is 0.0995. The molecule has 0 saturated carbocycles. The summed E-state index contributed by atoms with van der Waals surface area (Å²) in [5.41, 5.74) is 9.04. The molecule has 0 radical (unpaired) electrons. The number of rotatable bonds is 2. The third-order valence-electron chi connectivity index (χ3n) is 2.56. The zero-order valence-electron chi connectivity index (χ0n) is 12.6. The average Bonchev–Trinajstić information content (AvgIpc) is 2.93. The van der Waals surface area contributed by atoms with Crippen LogP contribution in [0, 0.1) is 0 Å². The van der Waals surface area contributed by atoms with Crippen molar-refractivity contribution in [2.45, 2.75) is 40.0 Å². The van der Waals surface area contributed by atoms with Crippen molar-refractivity contribution < 1.29 is 4.79 Å². The third-order valence-corrected chi connectivity index (χ3v) is 3.39. The molecule has 108 valence electrons. The summed E-state index contributed by atoms with van der Waals surface area (Å²) in [4.78, 5) is 20.7. The van der Waals surface area contributed by atoms with E-state index in [-0.39, 0.29) is 5.41 Å². The number of primary amides is 1. The molecule has 0 aliphatic rings. The number of carbonyl (C=O) groups is 1. The minimum absolute atomic E-state index is 0.134. The first-order chi connectivity index (χ1) is 9.38. The van der Waals surface area contributed by atoms with E-state index in [1.807, 2.05) is 19.9 Å². The molecule has 5 heteroatoms. The van der Waals surface area contributed by atoms with Gasteiger partial charge in [0, 0.05) is 17.3 Å². The normalized spacial score (nSPS) is 10.7. The highest BCUT2D eigenvalue weighted by Gasteiger charge is 2.19. The number of thiazole rings is 1. The van der Waals surface area contributed by atoms with Crippen LogP contribution in [0.1, 0.15) is 50.8 Å². The summed E-state index contributed by atoms with van der Waals surface area (Å²) in [7, 11) is 0. The molecule has 0 saturated heterocycles. The SMILES string of the molecule is CC.CC(C)(C)c1cc(-c2cncs2)cc(C(N)=O)n1. The lowest BCUT2D eigenvalue weighted by Crippen LogP contribution is -2.19. The van der Waals surface area contributed by atoms with Crippen LogP contribution in [0.4, 0.5) is 0 Å². The van der Waals surface area contributed by atoms with Crippen LogP contribution in [0.5, 0.6) is 0 Å². The zero-order chi connectivity index (χ0) is 15.3. The van der Waals surface area contributed by atoms with Crippen LogP contribution in [0.25, 0.3) is 10.4 Å². The number of hydrogen-bond donors (Lipinski definition) is 1. The number of amides is 1. The summed E-state index contributed by atoms with van der Waals surface area (Å²) in [6, 6.07) is 3.70. The highest BCUT2D eigenvalue weighted by Crippen LogP contribution is 2.28. The standard InChI is InChI=1S/C13H15N3OS.C2H6/c1-13(2,3)11-5-8(10-6-15-7-18-10)4-9(16-11)12(14)17;1-2/h4-7H,1-3H3,(H2,14,17);1-2H3. The van der Waals surface area contributed by atoms with Crippen molar-refractivity contribution in [3.05, 3.63) is 35.2 Å². The Balaban J connectivity index is 0.000000956. The predicted molar refractivity (Wildman–Crippen MR) is 83.9 cm³/mol. The smallest absolute Gasteiger partial charge is 0.267 e. The first kappa shape index (κ1) is 16.3. The van der Waals surface area contributed by atoms with E-state index < -0.39 is 5.91 Å². The number of aromatic nitrogens is 2. The third kappa shape index (κ3) is 3.87. The molecule has 2 rings (SSSR count). The minimum Gasteiger partial charge on any atom is -0.364 e. The van der Waals surface area contributed by atoms with E-state index in [2.05, 4.69) is 30.7 Å². The Labute approximate surface area is 124 Å². The second kappa shape index (κ2) is 6.61. The molecule has 1 amide bonds. The van der Waals surface area contributed by atoms with Crippen LogP contribution in [-0.4, -0.2) is 15.9 Å². The molecule has 0 spiro atoms. The topological polar surface area (TPSA) is 68.9 Å². The Morgan fingerprint density at radius 2 is 1.90 bits per heavy atom. The number of pyridine rings is 1. The van der Waals surface area contributed by atoms with E-state index in [0.717, 1.165) is 16.1 Å². The van der Waals surface area contributed by atoms with E-state index in [0.29, 0.717) is 5.69 Å². The highest BCUT2D eigenvalue weighted by molar-refractivity contribution is 7.13. The van der Waals surface area contributed by atoms with Crippen molar-refractivity contribution in [1.82, 2.24) is 9.97 Å². The molecule has 0 aromatic carbocycles. The molecule has 0 fully saturated rings. The van der Waals surface area contributed by atoms with Crippen LogP contribution in [0.3, 0.4) is 0 Å². The molecule has 0 bridgehead atoms. The van der Waals surface area contributed by atoms with Crippen molar-refractivity contribution in [2.24, 2.45) is 5.73 Å². The largest absolute Gasteiger partial charge is 0.364 e. The summed E-state index contributed by atoms with van der Waals surface area (Å²) in [5.74, 6) is -0.508. The number of nitrogens with zero attached hydrogens (tertiary/aromatic N) is 2. The Bertz CT molecular complexity index is 571. The first-order valence-corrected chi connectivity index (χ1v) is 7.47. The van der Waals surface area contributed by atoms with Gasteiger partial charge in [-0.15, -0.1) is 11.3 Å². The fraction of sp³-hybridized carbons (Fsp3) is 0.400. The Morgan fingerprint density at radius 1 is 1.25 bits per heavy atom. The van der Waals surface area contributed by atoms with E-state index >= 15 is 0 Å². The molecule has 2 heterocycles. The molecule has 0 atom stereocenters. The van der Waals surface area contributed by atoms with Gasteiger partial charge in [0.2, 0.25) is 0 Å². The number of carbonyl (C=O) groups excluding carboxylic acids is 1. The van der Waals surface area contributed by atoms with E-state index in [9.17, 15) is 4.79 Å². The molecule has 0 aliphatic carbocycles. The molecular formula is C15H21N3OS.